The molecule has 0 fully saturated rings. The average molecular weight is 403 g/mol. The Labute approximate surface area is 164 Å². The zero-order valence-electron chi connectivity index (χ0n) is 15.8. The molecular formula is C20H21NO6S. The minimum absolute atomic E-state index is 0.0123. The first-order chi connectivity index (χ1) is 13.2. The third-order valence-corrected chi connectivity index (χ3v) is 5.71. The van der Waals surface area contributed by atoms with E-state index in [2.05, 4.69) is 0 Å². The highest BCUT2D eigenvalue weighted by Gasteiger charge is 2.30. The normalized spacial score (nSPS) is 15.8. The molecule has 3 rings (SSSR count). The highest BCUT2D eigenvalue weighted by atomic mass is 32.2. The Morgan fingerprint density at radius 3 is 2.43 bits per heavy atom. The van der Waals surface area contributed by atoms with Gasteiger partial charge in [-0.1, -0.05) is 0 Å². The molecule has 8 heteroatoms. The van der Waals surface area contributed by atoms with Gasteiger partial charge in [-0.2, -0.15) is 8.42 Å². The molecule has 1 aliphatic rings. The summed E-state index contributed by atoms with van der Waals surface area (Å²) in [5.74, 6) is -0.480. The van der Waals surface area contributed by atoms with Gasteiger partial charge in [-0.25, -0.2) is 4.79 Å². The van der Waals surface area contributed by atoms with Gasteiger partial charge in [0.1, 0.15) is 10.6 Å². The van der Waals surface area contributed by atoms with Crippen molar-refractivity contribution in [3.8, 4) is 5.75 Å². The molecule has 0 saturated carbocycles. The van der Waals surface area contributed by atoms with Crippen LogP contribution in [0.5, 0.6) is 5.75 Å². The van der Waals surface area contributed by atoms with Gasteiger partial charge < -0.3 is 13.8 Å². The first-order valence-electron chi connectivity index (χ1n) is 8.87. The third-order valence-electron chi connectivity index (χ3n) is 4.47. The number of benzene rings is 2. The van der Waals surface area contributed by atoms with Gasteiger partial charge in [0, 0.05) is 18.7 Å². The molecule has 0 radical (unpaired) electrons. The van der Waals surface area contributed by atoms with Gasteiger partial charge in [0.15, 0.2) is 0 Å². The van der Waals surface area contributed by atoms with Crippen molar-refractivity contribution in [1.82, 2.24) is 0 Å². The summed E-state index contributed by atoms with van der Waals surface area (Å²) in [6.45, 7) is 5.36. The van der Waals surface area contributed by atoms with Gasteiger partial charge >= 0.3 is 16.1 Å². The number of hydrogen-bond donors (Lipinski definition) is 0. The molecule has 0 N–H and O–H groups in total. The van der Waals surface area contributed by atoms with Crippen LogP contribution in [0.3, 0.4) is 0 Å². The lowest BCUT2D eigenvalue weighted by molar-refractivity contribution is -0.116. The summed E-state index contributed by atoms with van der Waals surface area (Å²) in [5, 5.41) is 0. The van der Waals surface area contributed by atoms with Crippen molar-refractivity contribution < 1.29 is 26.9 Å². The van der Waals surface area contributed by atoms with Gasteiger partial charge in [0.2, 0.25) is 5.91 Å². The molecule has 0 saturated heterocycles. The Morgan fingerprint density at radius 2 is 1.82 bits per heavy atom. The molecule has 148 valence electrons. The molecule has 1 heterocycles. The van der Waals surface area contributed by atoms with Gasteiger partial charge in [-0.3, -0.25) is 4.79 Å². The summed E-state index contributed by atoms with van der Waals surface area (Å²) in [5.41, 5.74) is 1.81. The van der Waals surface area contributed by atoms with E-state index in [1.54, 1.807) is 17.9 Å². The number of nitrogens with zero attached hydrogens (tertiary/aromatic N) is 1. The van der Waals surface area contributed by atoms with Gasteiger partial charge in [0.25, 0.3) is 0 Å². The Morgan fingerprint density at radius 1 is 1.14 bits per heavy atom. The highest BCUT2D eigenvalue weighted by Crippen LogP contribution is 2.34. The van der Waals surface area contributed by atoms with E-state index in [4.69, 9.17) is 8.92 Å². The minimum Gasteiger partial charge on any atom is -0.462 e. The number of anilines is 1. The van der Waals surface area contributed by atoms with Crippen LogP contribution < -0.4 is 9.08 Å². The first-order valence-corrected chi connectivity index (χ1v) is 10.3. The van der Waals surface area contributed by atoms with Crippen molar-refractivity contribution >= 4 is 27.7 Å². The minimum atomic E-state index is -4.05. The molecule has 7 nitrogen and oxygen atoms in total. The summed E-state index contributed by atoms with van der Waals surface area (Å²) in [7, 11) is -4.05. The van der Waals surface area contributed by atoms with Crippen molar-refractivity contribution in [1.29, 1.82) is 0 Å². The Bertz CT molecular complexity index is 1010. The van der Waals surface area contributed by atoms with E-state index in [1.807, 2.05) is 6.92 Å². The topological polar surface area (TPSA) is 90.0 Å². The maximum atomic E-state index is 12.6. The Hall–Kier alpha value is -2.87. The lowest BCUT2D eigenvalue weighted by atomic mass is 10.1. The summed E-state index contributed by atoms with van der Waals surface area (Å²) < 4.78 is 35.3. The van der Waals surface area contributed by atoms with Crippen LogP contribution in [0.2, 0.25) is 0 Å². The second-order valence-electron chi connectivity index (χ2n) is 6.51. The Kier molecular flexibility index (Phi) is 5.42. The number of esters is 1. The monoisotopic (exact) mass is 403 g/mol. The lowest BCUT2D eigenvalue weighted by Crippen LogP contribution is -2.33. The highest BCUT2D eigenvalue weighted by molar-refractivity contribution is 7.87. The van der Waals surface area contributed by atoms with Crippen LogP contribution in [0.1, 0.15) is 36.7 Å². The molecule has 0 spiro atoms. The van der Waals surface area contributed by atoms with E-state index in [-0.39, 0.29) is 29.2 Å². The molecule has 2 aromatic carbocycles. The van der Waals surface area contributed by atoms with Crippen molar-refractivity contribution in [3.05, 3.63) is 53.6 Å². The number of rotatable bonds is 5. The fourth-order valence-electron chi connectivity index (χ4n) is 3.28. The molecule has 1 aliphatic heterocycles. The van der Waals surface area contributed by atoms with Crippen molar-refractivity contribution in [3.63, 3.8) is 0 Å². The predicted octanol–water partition coefficient (Wildman–Crippen LogP) is 2.93. The van der Waals surface area contributed by atoms with Crippen LogP contribution in [0.4, 0.5) is 5.69 Å². The maximum Gasteiger partial charge on any atom is 0.339 e. The summed E-state index contributed by atoms with van der Waals surface area (Å²) in [4.78, 5) is 25.1. The van der Waals surface area contributed by atoms with Crippen LogP contribution in [-0.2, 0) is 26.1 Å². The predicted molar refractivity (Wildman–Crippen MR) is 103 cm³/mol. The number of ether oxygens (including phenoxy) is 1. The van der Waals surface area contributed by atoms with Crippen molar-refractivity contribution in [2.24, 2.45) is 0 Å². The first kappa shape index (κ1) is 19.9. The van der Waals surface area contributed by atoms with Crippen LogP contribution >= 0.6 is 0 Å². The lowest BCUT2D eigenvalue weighted by Gasteiger charge is -2.20. The zero-order chi connectivity index (χ0) is 20.5. The molecule has 0 aromatic heterocycles. The SMILES string of the molecule is CCOC(=O)c1ccc(OS(=O)(=O)c2ccc3c(c2)C[C@@H](C)N3C(C)=O)cc1. The quantitative estimate of drug-likeness (QED) is 0.563. The van der Waals surface area contributed by atoms with Crippen molar-refractivity contribution in [2.45, 2.75) is 38.1 Å². The van der Waals surface area contributed by atoms with E-state index >= 15 is 0 Å². The molecular weight excluding hydrogens is 382 g/mol. The van der Waals surface area contributed by atoms with E-state index in [0.717, 1.165) is 11.3 Å². The largest absolute Gasteiger partial charge is 0.462 e. The molecule has 1 atom stereocenters. The van der Waals surface area contributed by atoms with E-state index in [1.165, 1.54) is 43.3 Å². The number of carbonyl (C=O) groups is 2. The van der Waals surface area contributed by atoms with Crippen LogP contribution in [0.25, 0.3) is 0 Å². The second-order valence-corrected chi connectivity index (χ2v) is 8.06. The summed E-state index contributed by atoms with van der Waals surface area (Å²) in [6.07, 6.45) is 0.576. The van der Waals surface area contributed by atoms with Gasteiger partial charge in [0.05, 0.1) is 12.2 Å². The van der Waals surface area contributed by atoms with E-state index in [9.17, 15) is 18.0 Å². The smallest absolute Gasteiger partial charge is 0.339 e. The van der Waals surface area contributed by atoms with E-state index in [0.29, 0.717) is 12.0 Å². The summed E-state index contributed by atoms with van der Waals surface area (Å²) >= 11 is 0. The van der Waals surface area contributed by atoms with Gasteiger partial charge in [-0.15, -0.1) is 0 Å². The number of amides is 1. The van der Waals surface area contributed by atoms with Gasteiger partial charge in [-0.05, 0) is 68.3 Å². The molecule has 0 bridgehead atoms. The average Bonchev–Trinajstić information content (AvgIpc) is 2.97. The summed E-state index contributed by atoms with van der Waals surface area (Å²) in [6, 6.07) is 10.2. The number of hydrogen-bond acceptors (Lipinski definition) is 6. The van der Waals surface area contributed by atoms with Crippen LogP contribution in [0.15, 0.2) is 47.4 Å². The number of fused-ring (bicyclic) bond motifs is 1. The molecule has 28 heavy (non-hydrogen) atoms. The number of carbonyl (C=O) groups excluding carboxylic acids is 2. The van der Waals surface area contributed by atoms with E-state index < -0.39 is 16.1 Å². The van der Waals surface area contributed by atoms with Crippen LogP contribution in [-0.4, -0.2) is 32.9 Å². The van der Waals surface area contributed by atoms with Crippen molar-refractivity contribution in [2.75, 3.05) is 11.5 Å². The fraction of sp³-hybridized carbons (Fsp3) is 0.300. The van der Waals surface area contributed by atoms with Crippen LogP contribution in [0, 0.1) is 0 Å². The fourth-order valence-corrected chi connectivity index (χ4v) is 4.26. The molecule has 0 unspecified atom stereocenters. The standard InChI is InChI=1S/C20H21NO6S/c1-4-26-20(23)15-5-7-17(8-6-15)27-28(24,25)18-9-10-19-16(12-18)11-13(2)21(19)14(3)22/h5-10,12-13H,4,11H2,1-3H3/t13-/m1/s1. The zero-order valence-corrected chi connectivity index (χ0v) is 16.7. The molecule has 0 aliphatic carbocycles. The third kappa shape index (κ3) is 3.87. The Balaban J connectivity index is 1.82. The second kappa shape index (κ2) is 7.63. The maximum absolute atomic E-state index is 12.6. The molecule has 1 amide bonds. The molecule has 2 aromatic rings.